The number of hydrogen-bond acceptors (Lipinski definition) is 1. The monoisotopic (exact) mass is 90.1 g/mol. The SMILES string of the molecule is CC(C)C=O.O. The Morgan fingerprint density at radius 1 is 1.50 bits per heavy atom. The van der Waals surface area contributed by atoms with Crippen molar-refractivity contribution in [1.29, 1.82) is 0 Å². The highest BCUT2D eigenvalue weighted by atomic mass is 16.1. The van der Waals surface area contributed by atoms with E-state index in [2.05, 4.69) is 0 Å². The highest BCUT2D eigenvalue weighted by Gasteiger charge is 1.79. The maximum atomic E-state index is 9.50. The Morgan fingerprint density at radius 3 is 1.67 bits per heavy atom. The molecular weight excluding hydrogens is 80.0 g/mol. The molecule has 0 amide bonds. The summed E-state index contributed by atoms with van der Waals surface area (Å²) in [4.78, 5) is 9.50. The Labute approximate surface area is 37.5 Å². The van der Waals surface area contributed by atoms with Gasteiger partial charge in [-0.2, -0.15) is 0 Å². The van der Waals surface area contributed by atoms with Crippen molar-refractivity contribution in [2.24, 2.45) is 5.92 Å². The molecule has 0 fully saturated rings. The summed E-state index contributed by atoms with van der Waals surface area (Å²) in [5.41, 5.74) is 0. The molecule has 0 unspecified atom stereocenters. The minimum atomic E-state index is 0. The van der Waals surface area contributed by atoms with Crippen molar-refractivity contribution in [3.63, 3.8) is 0 Å². The van der Waals surface area contributed by atoms with Crippen molar-refractivity contribution < 1.29 is 10.3 Å². The molecule has 0 aromatic heterocycles. The van der Waals surface area contributed by atoms with E-state index in [0.29, 0.717) is 0 Å². The molecule has 0 bridgehead atoms. The van der Waals surface area contributed by atoms with E-state index >= 15 is 0 Å². The van der Waals surface area contributed by atoms with Gasteiger partial charge in [0, 0.05) is 5.92 Å². The van der Waals surface area contributed by atoms with E-state index in [4.69, 9.17) is 0 Å². The van der Waals surface area contributed by atoms with Crippen LogP contribution in [0, 0.1) is 5.92 Å². The summed E-state index contributed by atoms with van der Waals surface area (Å²) in [6.45, 7) is 3.71. The molecule has 0 rings (SSSR count). The molecule has 0 saturated carbocycles. The van der Waals surface area contributed by atoms with Crippen LogP contribution in [0.4, 0.5) is 0 Å². The number of aldehydes is 1. The molecule has 0 saturated heterocycles. The molecule has 0 aliphatic heterocycles. The molecular formula is C4H10O2. The van der Waals surface area contributed by atoms with Crippen LogP contribution in [-0.4, -0.2) is 11.8 Å². The van der Waals surface area contributed by atoms with Crippen LogP contribution in [0.1, 0.15) is 13.8 Å². The van der Waals surface area contributed by atoms with Crippen molar-refractivity contribution in [3.05, 3.63) is 0 Å². The van der Waals surface area contributed by atoms with Crippen LogP contribution in [0.25, 0.3) is 0 Å². The third-order valence-corrected chi connectivity index (χ3v) is 0.272. The van der Waals surface area contributed by atoms with Crippen LogP contribution in [0.5, 0.6) is 0 Å². The molecule has 0 atom stereocenters. The molecule has 0 aromatic carbocycles. The van der Waals surface area contributed by atoms with Crippen LogP contribution in [0.3, 0.4) is 0 Å². The zero-order valence-electron chi connectivity index (χ0n) is 4.06. The highest BCUT2D eigenvalue weighted by Crippen LogP contribution is 1.78. The summed E-state index contributed by atoms with van der Waals surface area (Å²) in [6, 6.07) is 0. The molecule has 0 heterocycles. The number of carbonyl (C=O) groups is 1. The van der Waals surface area contributed by atoms with Gasteiger partial charge in [0.1, 0.15) is 6.29 Å². The zero-order chi connectivity index (χ0) is 4.28. The summed E-state index contributed by atoms with van der Waals surface area (Å²) in [7, 11) is 0. The molecule has 2 N–H and O–H groups in total. The fourth-order valence-electron chi connectivity index (χ4n) is 0. The van der Waals surface area contributed by atoms with Gasteiger partial charge in [0.2, 0.25) is 0 Å². The van der Waals surface area contributed by atoms with E-state index in [1.54, 1.807) is 0 Å². The maximum Gasteiger partial charge on any atom is 0.122 e. The lowest BCUT2D eigenvalue weighted by atomic mass is 10.3. The highest BCUT2D eigenvalue weighted by molar-refractivity contribution is 5.51. The second-order valence-corrected chi connectivity index (χ2v) is 1.38. The molecule has 0 radical (unpaired) electrons. The largest absolute Gasteiger partial charge is 0.412 e. The fourth-order valence-corrected chi connectivity index (χ4v) is 0. The normalized spacial score (nSPS) is 7.17. The quantitative estimate of drug-likeness (QED) is 0.418. The lowest BCUT2D eigenvalue weighted by molar-refractivity contribution is -0.110. The molecule has 2 heteroatoms. The average Bonchev–Trinajstić information content (AvgIpc) is 1.38. The molecule has 0 aliphatic carbocycles. The minimum absolute atomic E-state index is 0. The molecule has 38 valence electrons. The van der Waals surface area contributed by atoms with Gasteiger partial charge in [-0.15, -0.1) is 0 Å². The predicted octanol–water partition coefficient (Wildman–Crippen LogP) is 0.0166. The van der Waals surface area contributed by atoms with E-state index in [1.165, 1.54) is 0 Å². The lowest BCUT2D eigenvalue weighted by Gasteiger charge is -1.78. The van der Waals surface area contributed by atoms with Gasteiger partial charge < -0.3 is 10.3 Å². The van der Waals surface area contributed by atoms with E-state index in [0.717, 1.165) is 6.29 Å². The fraction of sp³-hybridized carbons (Fsp3) is 0.750. The van der Waals surface area contributed by atoms with Crippen molar-refractivity contribution in [1.82, 2.24) is 0 Å². The summed E-state index contributed by atoms with van der Waals surface area (Å²) in [5, 5.41) is 0. The second kappa shape index (κ2) is 4.63. The van der Waals surface area contributed by atoms with Crippen LogP contribution >= 0.6 is 0 Å². The van der Waals surface area contributed by atoms with Crippen LogP contribution in [-0.2, 0) is 4.79 Å². The Hall–Kier alpha value is -0.370. The van der Waals surface area contributed by atoms with Crippen molar-refractivity contribution >= 4 is 6.29 Å². The van der Waals surface area contributed by atoms with Crippen LogP contribution in [0.15, 0.2) is 0 Å². The van der Waals surface area contributed by atoms with Crippen molar-refractivity contribution in [2.75, 3.05) is 0 Å². The molecule has 0 spiro atoms. The third kappa shape index (κ3) is 9.45. The van der Waals surface area contributed by atoms with Gasteiger partial charge in [-0.1, -0.05) is 13.8 Å². The average molecular weight is 90.1 g/mol. The Kier molecular flexibility index (Phi) is 7.07. The first-order valence-electron chi connectivity index (χ1n) is 1.72. The van der Waals surface area contributed by atoms with E-state index < -0.39 is 0 Å². The van der Waals surface area contributed by atoms with Gasteiger partial charge in [-0.25, -0.2) is 0 Å². The van der Waals surface area contributed by atoms with Crippen LogP contribution < -0.4 is 0 Å². The Balaban J connectivity index is 0. The van der Waals surface area contributed by atoms with Gasteiger partial charge >= 0.3 is 0 Å². The molecule has 0 aliphatic rings. The van der Waals surface area contributed by atoms with E-state index in [-0.39, 0.29) is 11.4 Å². The predicted molar refractivity (Wildman–Crippen MR) is 24.5 cm³/mol. The summed E-state index contributed by atoms with van der Waals surface area (Å²) < 4.78 is 0. The van der Waals surface area contributed by atoms with Crippen molar-refractivity contribution in [2.45, 2.75) is 13.8 Å². The van der Waals surface area contributed by atoms with E-state index in [1.807, 2.05) is 13.8 Å². The smallest absolute Gasteiger partial charge is 0.122 e. The first-order chi connectivity index (χ1) is 2.27. The molecule has 0 aromatic rings. The minimum Gasteiger partial charge on any atom is -0.412 e. The zero-order valence-corrected chi connectivity index (χ0v) is 4.06. The number of hydrogen-bond donors (Lipinski definition) is 0. The molecule has 2 nitrogen and oxygen atoms in total. The molecule has 6 heavy (non-hydrogen) atoms. The van der Waals surface area contributed by atoms with Gasteiger partial charge in [0.15, 0.2) is 0 Å². The van der Waals surface area contributed by atoms with E-state index in [9.17, 15) is 4.79 Å². The Bertz CT molecular complexity index is 32.5. The Morgan fingerprint density at radius 2 is 1.67 bits per heavy atom. The van der Waals surface area contributed by atoms with Gasteiger partial charge in [-0.3, -0.25) is 0 Å². The number of rotatable bonds is 1. The van der Waals surface area contributed by atoms with Gasteiger partial charge in [0.25, 0.3) is 0 Å². The first kappa shape index (κ1) is 9.16. The summed E-state index contributed by atoms with van der Waals surface area (Å²) >= 11 is 0. The first-order valence-corrected chi connectivity index (χ1v) is 1.72. The number of carbonyl (C=O) groups excluding carboxylic acids is 1. The summed E-state index contributed by atoms with van der Waals surface area (Å²) in [5.74, 6) is 0.204. The third-order valence-electron chi connectivity index (χ3n) is 0.272. The van der Waals surface area contributed by atoms with Crippen molar-refractivity contribution in [3.8, 4) is 0 Å². The maximum absolute atomic E-state index is 9.50. The topological polar surface area (TPSA) is 48.6 Å². The van der Waals surface area contributed by atoms with Crippen LogP contribution in [0.2, 0.25) is 0 Å². The lowest BCUT2D eigenvalue weighted by Crippen LogP contribution is -1.82. The standard InChI is InChI=1S/C4H8O.H2O/c1-4(2)3-5;/h3-4H,1-2H3;1H2. The second-order valence-electron chi connectivity index (χ2n) is 1.38. The van der Waals surface area contributed by atoms with Gasteiger partial charge in [-0.05, 0) is 0 Å². The van der Waals surface area contributed by atoms with Gasteiger partial charge in [0.05, 0.1) is 0 Å². The summed E-state index contributed by atoms with van der Waals surface area (Å²) in [6.07, 6.45) is 0.917.